The molecular weight excluding hydrogens is 630 g/mol. The van der Waals surface area contributed by atoms with Crippen molar-refractivity contribution in [2.75, 3.05) is 23.0 Å². The Hall–Kier alpha value is -0.791. The Morgan fingerprint density at radius 3 is 2.27 bits per heavy atom. The van der Waals surface area contributed by atoms with E-state index < -0.39 is 20.2 Å². The van der Waals surface area contributed by atoms with E-state index in [0.717, 1.165) is 30.8 Å². The van der Waals surface area contributed by atoms with Gasteiger partial charge in [-0.1, -0.05) is 33.7 Å². The summed E-state index contributed by atoms with van der Waals surface area (Å²) < 4.78 is 69.0. The summed E-state index contributed by atoms with van der Waals surface area (Å²) in [5, 5.41) is 1.94. The number of aryl methyl sites for hydroxylation is 1. The molecule has 2 aromatic carbocycles. The molecule has 4 rings (SSSR count). The zero-order valence-corrected chi connectivity index (χ0v) is 25.6. The fraction of sp³-hybridized carbons (Fsp3) is 0.348. The van der Waals surface area contributed by atoms with Crippen molar-refractivity contribution >= 4 is 65.3 Å². The first-order valence-electron chi connectivity index (χ1n) is 11.0. The van der Waals surface area contributed by atoms with Crippen molar-refractivity contribution in [1.29, 1.82) is 0 Å². The van der Waals surface area contributed by atoms with Gasteiger partial charge in [-0.2, -0.15) is 36.4 Å². The Bertz CT molecular complexity index is 1460. The fourth-order valence-corrected chi connectivity index (χ4v) is 7.26. The zero-order chi connectivity index (χ0) is 25.1. The number of anilines is 1. The molecule has 0 aliphatic carbocycles. The van der Waals surface area contributed by atoms with E-state index in [-0.39, 0.29) is 61.5 Å². The van der Waals surface area contributed by atoms with Gasteiger partial charge in [-0.25, -0.2) is 21.4 Å². The molecule has 3 aromatic rings. The first-order chi connectivity index (χ1) is 16.6. The van der Waals surface area contributed by atoms with Gasteiger partial charge in [0.05, 0.1) is 25.3 Å². The van der Waals surface area contributed by atoms with E-state index in [1.165, 1.54) is 0 Å². The molecule has 2 radical (unpaired) electrons. The number of aromatic nitrogens is 1. The summed E-state index contributed by atoms with van der Waals surface area (Å²) in [6.07, 6.45) is 3.72. The maximum Gasteiger partial charge on any atom is 0.252 e. The van der Waals surface area contributed by atoms with Crippen molar-refractivity contribution in [1.82, 2.24) is 0 Å². The van der Waals surface area contributed by atoms with Crippen LogP contribution in [0.1, 0.15) is 30.7 Å². The van der Waals surface area contributed by atoms with E-state index >= 15 is 0 Å². The topological polar surface area (TPSA) is 122 Å². The van der Waals surface area contributed by atoms with Crippen molar-refractivity contribution in [3.63, 3.8) is 0 Å². The number of hydrogen-bond donors (Lipinski definition) is 0. The number of thiazole rings is 1. The Balaban J connectivity index is 0.00000241. The summed E-state index contributed by atoms with van der Waals surface area (Å²) in [6, 6.07) is 17.6. The minimum Gasteiger partial charge on any atom is -0.748 e. The van der Waals surface area contributed by atoms with Crippen LogP contribution in [0.25, 0.3) is 16.3 Å². The average molecular weight is 654 g/mol. The SMILES string of the molecule is O=S(=O)([O-])CCCCN1C(=Cc2sc3cc[c-]cc3[n+]2CCCCS(=O)(=O)[O-])Sc2cc[c-]cc21.[V].[V]. The number of rotatable bonds is 11. The second-order valence-electron chi connectivity index (χ2n) is 8.05. The Kier molecular flexibility index (Phi) is 12.3. The van der Waals surface area contributed by atoms with E-state index in [9.17, 15) is 25.9 Å². The quantitative estimate of drug-likeness (QED) is 0.134. The Labute approximate surface area is 249 Å². The van der Waals surface area contributed by atoms with Crippen molar-refractivity contribution in [3.05, 3.63) is 58.6 Å². The third-order valence-electron chi connectivity index (χ3n) is 5.45. The Morgan fingerprint density at radius 1 is 0.919 bits per heavy atom. The second-order valence-corrected chi connectivity index (χ2v) is 13.2. The molecule has 0 saturated heterocycles. The summed E-state index contributed by atoms with van der Waals surface area (Å²) in [5.74, 6) is -0.764. The van der Waals surface area contributed by atoms with Gasteiger partial charge in [0, 0.05) is 67.7 Å². The van der Waals surface area contributed by atoms with Crippen molar-refractivity contribution in [3.8, 4) is 0 Å². The van der Waals surface area contributed by atoms with Gasteiger partial charge < -0.3 is 14.0 Å². The molecule has 0 bridgehead atoms. The van der Waals surface area contributed by atoms with E-state index in [4.69, 9.17) is 0 Å². The van der Waals surface area contributed by atoms with Crippen LogP contribution in [0.2, 0.25) is 0 Å². The first kappa shape index (κ1) is 32.4. The van der Waals surface area contributed by atoms with Crippen molar-refractivity contribution in [2.45, 2.75) is 37.1 Å². The smallest absolute Gasteiger partial charge is 0.252 e. The molecule has 1 aliphatic rings. The van der Waals surface area contributed by atoms with Gasteiger partial charge in [-0.05, 0) is 24.0 Å². The van der Waals surface area contributed by atoms with E-state index in [1.54, 1.807) is 23.1 Å². The van der Waals surface area contributed by atoms with Crippen LogP contribution in [0.5, 0.6) is 0 Å². The standard InChI is InChI=1S/C23H25N2O6S4.2V/c26-34(27,28)15-7-5-13-24-18-9-1-3-11-20(18)32-22(24)17-23-25(14-6-8-16-35(29,30)31)19-10-2-4-12-21(19)33-23;;/h3-4,9-12,17H,5-8,13-16H2,(H,26,27,28)(H,29,30,31);;/q-1;;/p-2. The van der Waals surface area contributed by atoms with Gasteiger partial charge in [0.1, 0.15) is 12.1 Å². The first-order valence-corrected chi connectivity index (χ1v) is 15.8. The average Bonchev–Trinajstić information content (AvgIpc) is 3.30. The maximum atomic E-state index is 11.0. The van der Waals surface area contributed by atoms with E-state index in [2.05, 4.69) is 27.7 Å². The molecule has 1 aromatic heterocycles. The van der Waals surface area contributed by atoms with Crippen LogP contribution in [0, 0.1) is 12.1 Å². The Morgan fingerprint density at radius 2 is 1.57 bits per heavy atom. The summed E-state index contributed by atoms with van der Waals surface area (Å²) in [4.78, 5) is 3.17. The van der Waals surface area contributed by atoms with Crippen LogP contribution < -0.4 is 9.47 Å². The van der Waals surface area contributed by atoms with Gasteiger partial charge >= 0.3 is 0 Å². The molecule has 0 spiro atoms. The van der Waals surface area contributed by atoms with Crippen LogP contribution in [0.15, 0.2) is 46.3 Å². The van der Waals surface area contributed by atoms with Crippen molar-refractivity contribution in [2.24, 2.45) is 0 Å². The van der Waals surface area contributed by atoms with Crippen LogP contribution in [-0.4, -0.2) is 44.0 Å². The molecule has 0 N–H and O–H groups in total. The molecule has 1 aliphatic heterocycles. The van der Waals surface area contributed by atoms with Gasteiger partial charge in [-0.15, -0.1) is 12.1 Å². The monoisotopic (exact) mass is 653 g/mol. The molecule has 0 unspecified atom stereocenters. The number of fused-ring (bicyclic) bond motifs is 2. The third-order valence-corrected chi connectivity index (χ3v) is 9.25. The van der Waals surface area contributed by atoms with E-state index in [0.29, 0.717) is 25.9 Å². The molecule has 0 amide bonds. The second kappa shape index (κ2) is 14.0. The van der Waals surface area contributed by atoms with Gasteiger partial charge in [0.2, 0.25) is 0 Å². The predicted octanol–water partition coefficient (Wildman–Crippen LogP) is 3.35. The number of unbranched alkanes of at least 4 members (excludes halogenated alkanes) is 2. The summed E-state index contributed by atoms with van der Waals surface area (Å²) in [5.41, 5.74) is 1.96. The minimum atomic E-state index is -4.24. The third kappa shape index (κ3) is 9.13. The molecule has 0 atom stereocenters. The van der Waals surface area contributed by atoms with Gasteiger partial charge in [0.15, 0.2) is 0 Å². The molecule has 8 nitrogen and oxygen atoms in total. The molecular formula is C23H23N2O6S4V2-3. The summed E-state index contributed by atoms with van der Waals surface area (Å²) in [6.45, 7) is 1.11. The number of nitrogens with zero attached hydrogens (tertiary/aromatic N) is 2. The number of thioether (sulfide) groups is 1. The van der Waals surface area contributed by atoms with Crippen LogP contribution in [-0.2, 0) is 63.9 Å². The normalized spacial score (nSPS) is 14.4. The fourth-order valence-electron chi connectivity index (χ4n) is 3.86. The van der Waals surface area contributed by atoms with Crippen LogP contribution >= 0.6 is 23.1 Å². The predicted molar refractivity (Wildman–Crippen MR) is 135 cm³/mol. The number of hydrogen-bond acceptors (Lipinski definition) is 9. The molecule has 37 heavy (non-hydrogen) atoms. The zero-order valence-electron chi connectivity index (χ0n) is 19.6. The molecule has 0 fully saturated rings. The van der Waals surface area contributed by atoms with Crippen molar-refractivity contribution < 1.29 is 67.6 Å². The van der Waals surface area contributed by atoms with Crippen LogP contribution in [0.4, 0.5) is 5.69 Å². The van der Waals surface area contributed by atoms with Gasteiger partial charge in [-0.3, -0.25) is 0 Å². The molecule has 198 valence electrons. The molecule has 2 heterocycles. The van der Waals surface area contributed by atoms with E-state index in [1.807, 2.05) is 36.4 Å². The van der Waals surface area contributed by atoms with Gasteiger partial charge in [0.25, 0.3) is 5.01 Å². The largest absolute Gasteiger partial charge is 0.748 e. The van der Waals surface area contributed by atoms with Crippen LogP contribution in [0.3, 0.4) is 0 Å². The minimum absolute atomic E-state index is 0. The molecule has 0 saturated carbocycles. The summed E-state index contributed by atoms with van der Waals surface area (Å²) in [7, 11) is -8.48. The summed E-state index contributed by atoms with van der Waals surface area (Å²) >= 11 is 3.21. The maximum absolute atomic E-state index is 11.0. The number of benzene rings is 2. The molecule has 14 heteroatoms.